The summed E-state index contributed by atoms with van der Waals surface area (Å²) in [6, 6.07) is 8.87. The molecule has 5 heteroatoms. The Morgan fingerprint density at radius 3 is 2.88 bits per heavy atom. The van der Waals surface area contributed by atoms with E-state index in [0.29, 0.717) is 12.6 Å². The molecular formula is C20H26ClN3O. The number of hydrogen-bond acceptors (Lipinski definition) is 4. The maximum absolute atomic E-state index is 6.23. The molecule has 0 bridgehead atoms. The zero-order chi connectivity index (χ0) is 17.4. The number of halogens is 1. The molecule has 0 amide bonds. The molecule has 2 heterocycles. The van der Waals surface area contributed by atoms with Gasteiger partial charge in [0, 0.05) is 42.9 Å². The van der Waals surface area contributed by atoms with Crippen LogP contribution in [-0.4, -0.2) is 29.0 Å². The van der Waals surface area contributed by atoms with Gasteiger partial charge in [-0.3, -0.25) is 4.90 Å². The molecule has 2 aliphatic rings. The van der Waals surface area contributed by atoms with Gasteiger partial charge in [0.25, 0.3) is 0 Å². The first-order valence-corrected chi connectivity index (χ1v) is 9.63. The number of nitrogens with zero attached hydrogens (tertiary/aromatic N) is 2. The number of fused-ring (bicyclic) bond motifs is 1. The lowest BCUT2D eigenvalue weighted by atomic mass is 9.68. The Balaban J connectivity index is 1.46. The van der Waals surface area contributed by atoms with Crippen molar-refractivity contribution in [1.29, 1.82) is 0 Å². The molecule has 1 fully saturated rings. The van der Waals surface area contributed by atoms with Gasteiger partial charge in [0.15, 0.2) is 5.89 Å². The van der Waals surface area contributed by atoms with Crippen LogP contribution in [0.25, 0.3) is 0 Å². The molecule has 4 rings (SSSR count). The summed E-state index contributed by atoms with van der Waals surface area (Å²) in [7, 11) is 0. The van der Waals surface area contributed by atoms with E-state index in [9.17, 15) is 0 Å². The molecule has 1 aliphatic heterocycles. The normalized spacial score (nSPS) is 27.2. The number of aryl methyl sites for hydroxylation is 1. The summed E-state index contributed by atoms with van der Waals surface area (Å²) < 4.78 is 5.78. The number of hydrogen-bond donors (Lipinski definition) is 1. The van der Waals surface area contributed by atoms with Crippen molar-refractivity contribution in [1.82, 2.24) is 9.88 Å². The average Bonchev–Trinajstić information content (AvgIpc) is 3.01. The first-order chi connectivity index (χ1) is 12.1. The zero-order valence-corrected chi connectivity index (χ0v) is 15.6. The van der Waals surface area contributed by atoms with Crippen LogP contribution in [0.2, 0.25) is 5.02 Å². The summed E-state index contributed by atoms with van der Waals surface area (Å²) in [5.41, 5.74) is 8.76. The van der Waals surface area contributed by atoms with Gasteiger partial charge in [-0.2, -0.15) is 0 Å². The van der Waals surface area contributed by atoms with Crippen LogP contribution in [0.1, 0.15) is 48.6 Å². The Bertz CT molecular complexity index is 749. The van der Waals surface area contributed by atoms with Crippen LogP contribution >= 0.6 is 11.6 Å². The minimum atomic E-state index is 0.0746. The third kappa shape index (κ3) is 3.23. The number of oxazole rings is 1. The Kier molecular flexibility index (Phi) is 4.61. The molecule has 0 radical (unpaired) electrons. The molecular weight excluding hydrogens is 334 g/mol. The van der Waals surface area contributed by atoms with Crippen molar-refractivity contribution >= 4 is 11.6 Å². The lowest BCUT2D eigenvalue weighted by molar-refractivity contribution is 0.104. The predicted molar refractivity (Wildman–Crippen MR) is 99.8 cm³/mol. The molecule has 0 unspecified atom stereocenters. The second-order valence-corrected chi connectivity index (χ2v) is 7.99. The van der Waals surface area contributed by atoms with E-state index in [0.717, 1.165) is 54.7 Å². The highest BCUT2D eigenvalue weighted by Gasteiger charge is 2.38. The molecule has 2 aromatic rings. The van der Waals surface area contributed by atoms with Gasteiger partial charge in [-0.1, -0.05) is 23.7 Å². The number of benzene rings is 1. The standard InChI is InChI=1S/C20H26ClN3O/c1-14-23-18-7-10-24(12-19(18)25-14)17-5-8-20(13-22,9-6-17)15-3-2-4-16(21)11-15/h2-4,11,17H,5-10,12-13,22H2,1H3. The van der Waals surface area contributed by atoms with Crippen LogP contribution in [0, 0.1) is 6.92 Å². The fourth-order valence-corrected chi connectivity index (χ4v) is 4.80. The summed E-state index contributed by atoms with van der Waals surface area (Å²) >= 11 is 6.22. The highest BCUT2D eigenvalue weighted by molar-refractivity contribution is 6.30. The van der Waals surface area contributed by atoms with Crippen molar-refractivity contribution in [3.8, 4) is 0 Å². The van der Waals surface area contributed by atoms with Crippen molar-refractivity contribution in [2.24, 2.45) is 5.73 Å². The number of nitrogens with two attached hydrogens (primary N) is 1. The second-order valence-electron chi connectivity index (χ2n) is 7.55. The summed E-state index contributed by atoms with van der Waals surface area (Å²) in [5, 5.41) is 0.802. The summed E-state index contributed by atoms with van der Waals surface area (Å²) in [6.45, 7) is 4.60. The SMILES string of the molecule is Cc1nc2c(o1)CN(C1CCC(CN)(c3cccc(Cl)c3)CC1)CC2. The van der Waals surface area contributed by atoms with Gasteiger partial charge in [0.2, 0.25) is 0 Å². The third-order valence-electron chi connectivity index (χ3n) is 6.12. The minimum Gasteiger partial charge on any atom is -0.444 e. The third-order valence-corrected chi connectivity index (χ3v) is 6.36. The smallest absolute Gasteiger partial charge is 0.191 e. The molecule has 1 aliphatic carbocycles. The van der Waals surface area contributed by atoms with Crippen molar-refractivity contribution in [2.45, 2.75) is 57.0 Å². The highest BCUT2D eigenvalue weighted by Crippen LogP contribution is 2.41. The number of rotatable bonds is 3. The van der Waals surface area contributed by atoms with E-state index in [-0.39, 0.29) is 5.41 Å². The molecule has 0 atom stereocenters. The van der Waals surface area contributed by atoms with Gasteiger partial charge >= 0.3 is 0 Å². The maximum atomic E-state index is 6.23. The molecule has 1 aromatic carbocycles. The van der Waals surface area contributed by atoms with Crippen LogP contribution in [0.4, 0.5) is 0 Å². The fourth-order valence-electron chi connectivity index (χ4n) is 4.61. The summed E-state index contributed by atoms with van der Waals surface area (Å²) in [6.07, 6.45) is 5.58. The molecule has 134 valence electrons. The van der Waals surface area contributed by atoms with Gasteiger partial charge in [-0.05, 0) is 43.4 Å². The van der Waals surface area contributed by atoms with Crippen LogP contribution in [-0.2, 0) is 18.4 Å². The van der Waals surface area contributed by atoms with Crippen LogP contribution < -0.4 is 5.73 Å². The molecule has 2 N–H and O–H groups in total. The van der Waals surface area contributed by atoms with Crippen molar-refractivity contribution in [3.63, 3.8) is 0 Å². The quantitative estimate of drug-likeness (QED) is 0.904. The fraction of sp³-hybridized carbons (Fsp3) is 0.550. The Labute approximate surface area is 154 Å². The van der Waals surface area contributed by atoms with E-state index in [1.54, 1.807) is 0 Å². The first kappa shape index (κ1) is 17.1. The van der Waals surface area contributed by atoms with Crippen LogP contribution in [0.5, 0.6) is 0 Å². The minimum absolute atomic E-state index is 0.0746. The maximum Gasteiger partial charge on any atom is 0.191 e. The summed E-state index contributed by atoms with van der Waals surface area (Å²) in [4.78, 5) is 7.07. The van der Waals surface area contributed by atoms with E-state index >= 15 is 0 Å². The second kappa shape index (κ2) is 6.75. The van der Waals surface area contributed by atoms with E-state index < -0.39 is 0 Å². The van der Waals surface area contributed by atoms with Gasteiger partial charge < -0.3 is 10.2 Å². The van der Waals surface area contributed by atoms with Gasteiger partial charge in [0.05, 0.1) is 12.2 Å². The first-order valence-electron chi connectivity index (χ1n) is 9.25. The Morgan fingerprint density at radius 2 is 2.16 bits per heavy atom. The predicted octanol–water partition coefficient (Wildman–Crippen LogP) is 3.83. The average molecular weight is 360 g/mol. The van der Waals surface area contributed by atoms with E-state index in [2.05, 4.69) is 22.0 Å². The van der Waals surface area contributed by atoms with Crippen LogP contribution in [0.3, 0.4) is 0 Å². The van der Waals surface area contributed by atoms with Gasteiger partial charge in [0.1, 0.15) is 5.76 Å². The topological polar surface area (TPSA) is 55.3 Å². The molecule has 1 aromatic heterocycles. The monoisotopic (exact) mass is 359 g/mol. The lowest BCUT2D eigenvalue weighted by Crippen LogP contribution is -2.46. The highest BCUT2D eigenvalue weighted by atomic mass is 35.5. The number of aromatic nitrogens is 1. The Morgan fingerprint density at radius 1 is 1.36 bits per heavy atom. The van der Waals surface area contributed by atoms with Crippen molar-refractivity contribution in [3.05, 3.63) is 52.2 Å². The van der Waals surface area contributed by atoms with Crippen molar-refractivity contribution < 1.29 is 4.42 Å². The Hall–Kier alpha value is -1.36. The molecule has 0 spiro atoms. The van der Waals surface area contributed by atoms with Gasteiger partial charge in [-0.25, -0.2) is 4.98 Å². The molecule has 25 heavy (non-hydrogen) atoms. The van der Waals surface area contributed by atoms with E-state index in [1.807, 2.05) is 19.1 Å². The van der Waals surface area contributed by atoms with E-state index in [1.165, 1.54) is 18.4 Å². The van der Waals surface area contributed by atoms with Crippen molar-refractivity contribution in [2.75, 3.05) is 13.1 Å². The molecule has 0 saturated heterocycles. The molecule has 4 nitrogen and oxygen atoms in total. The van der Waals surface area contributed by atoms with Crippen LogP contribution in [0.15, 0.2) is 28.7 Å². The van der Waals surface area contributed by atoms with E-state index in [4.69, 9.17) is 21.8 Å². The zero-order valence-electron chi connectivity index (χ0n) is 14.8. The molecule has 1 saturated carbocycles. The largest absolute Gasteiger partial charge is 0.444 e. The van der Waals surface area contributed by atoms with Gasteiger partial charge in [-0.15, -0.1) is 0 Å². The lowest BCUT2D eigenvalue weighted by Gasteiger charge is -2.44. The summed E-state index contributed by atoms with van der Waals surface area (Å²) in [5.74, 6) is 1.85.